The maximum atomic E-state index is 9.16. The first kappa shape index (κ1) is 11.1. The molecule has 2 heterocycles. The van der Waals surface area contributed by atoms with Gasteiger partial charge in [0.15, 0.2) is 0 Å². The van der Waals surface area contributed by atoms with E-state index in [9.17, 15) is 0 Å². The molecule has 0 fully saturated rings. The normalized spacial score (nSPS) is 12.9. The molecular formula is C10H14N4OS. The maximum absolute atomic E-state index is 9.16. The van der Waals surface area contributed by atoms with Crippen LogP contribution in [0.1, 0.15) is 13.3 Å². The Bertz CT molecular complexity index is 483. The fourth-order valence-electron chi connectivity index (χ4n) is 1.41. The standard InChI is InChI=1S/C10H14N4OS/c1-6(15)2-4-12-8-7-3-5-16-9(7)14-10(11)13-8/h3,5-6,15H,2,4H2,1H3,(H3,11,12,13,14). The molecule has 4 N–H and O–H groups in total. The van der Waals surface area contributed by atoms with Gasteiger partial charge in [0.1, 0.15) is 10.6 Å². The third-order valence-electron chi connectivity index (χ3n) is 2.20. The van der Waals surface area contributed by atoms with Gasteiger partial charge in [-0.15, -0.1) is 11.3 Å². The molecule has 2 aromatic heterocycles. The van der Waals surface area contributed by atoms with Gasteiger partial charge in [-0.25, -0.2) is 4.98 Å². The summed E-state index contributed by atoms with van der Waals surface area (Å²) in [5.41, 5.74) is 5.61. The lowest BCUT2D eigenvalue weighted by Gasteiger charge is -2.08. The maximum Gasteiger partial charge on any atom is 0.223 e. The van der Waals surface area contributed by atoms with Crippen LogP contribution in [-0.2, 0) is 0 Å². The van der Waals surface area contributed by atoms with Gasteiger partial charge in [0.05, 0.1) is 11.5 Å². The van der Waals surface area contributed by atoms with Crippen molar-refractivity contribution < 1.29 is 5.11 Å². The van der Waals surface area contributed by atoms with Crippen molar-refractivity contribution in [2.75, 3.05) is 17.6 Å². The summed E-state index contributed by atoms with van der Waals surface area (Å²) in [5, 5.41) is 15.3. The van der Waals surface area contributed by atoms with E-state index in [1.807, 2.05) is 11.4 Å². The number of fused-ring (bicyclic) bond motifs is 1. The highest BCUT2D eigenvalue weighted by Gasteiger charge is 2.06. The first-order chi connectivity index (χ1) is 7.66. The van der Waals surface area contributed by atoms with Gasteiger partial charge in [-0.3, -0.25) is 0 Å². The molecular weight excluding hydrogens is 224 g/mol. The van der Waals surface area contributed by atoms with E-state index in [1.165, 1.54) is 11.3 Å². The molecule has 5 nitrogen and oxygen atoms in total. The lowest BCUT2D eigenvalue weighted by molar-refractivity contribution is 0.188. The molecule has 0 amide bonds. The number of aliphatic hydroxyl groups is 1. The zero-order valence-electron chi connectivity index (χ0n) is 8.97. The summed E-state index contributed by atoms with van der Waals surface area (Å²) in [7, 11) is 0. The molecule has 0 aliphatic heterocycles. The molecule has 0 bridgehead atoms. The van der Waals surface area contributed by atoms with Gasteiger partial charge in [-0.05, 0) is 24.8 Å². The van der Waals surface area contributed by atoms with E-state index in [2.05, 4.69) is 15.3 Å². The third-order valence-corrected chi connectivity index (χ3v) is 3.00. The summed E-state index contributed by atoms with van der Waals surface area (Å²) < 4.78 is 0. The van der Waals surface area contributed by atoms with Gasteiger partial charge in [0.25, 0.3) is 0 Å². The van der Waals surface area contributed by atoms with Crippen LogP contribution in [-0.4, -0.2) is 27.7 Å². The van der Waals surface area contributed by atoms with Gasteiger partial charge >= 0.3 is 0 Å². The van der Waals surface area contributed by atoms with Crippen LogP contribution in [0.3, 0.4) is 0 Å². The zero-order valence-corrected chi connectivity index (χ0v) is 9.79. The average molecular weight is 238 g/mol. The fraction of sp³-hybridized carbons (Fsp3) is 0.400. The minimum Gasteiger partial charge on any atom is -0.393 e. The number of nitrogens with two attached hydrogens (primary N) is 1. The number of nitrogens with zero attached hydrogens (tertiary/aromatic N) is 2. The van der Waals surface area contributed by atoms with Crippen LogP contribution in [0.5, 0.6) is 0 Å². The third kappa shape index (κ3) is 2.40. The van der Waals surface area contributed by atoms with Crippen LogP contribution < -0.4 is 11.1 Å². The van der Waals surface area contributed by atoms with Crippen LogP contribution in [0.15, 0.2) is 11.4 Å². The summed E-state index contributed by atoms with van der Waals surface area (Å²) >= 11 is 1.53. The summed E-state index contributed by atoms with van der Waals surface area (Å²) in [4.78, 5) is 9.17. The van der Waals surface area contributed by atoms with Crippen molar-refractivity contribution in [3.05, 3.63) is 11.4 Å². The molecule has 2 aromatic rings. The van der Waals surface area contributed by atoms with Crippen molar-refractivity contribution in [3.8, 4) is 0 Å². The Balaban J connectivity index is 2.19. The van der Waals surface area contributed by atoms with Gasteiger partial charge in [0.2, 0.25) is 5.95 Å². The van der Waals surface area contributed by atoms with E-state index in [1.54, 1.807) is 6.92 Å². The Hall–Kier alpha value is -1.40. The predicted molar refractivity (Wildman–Crippen MR) is 66.6 cm³/mol. The Labute approximate surface area is 97.3 Å². The second kappa shape index (κ2) is 4.63. The quantitative estimate of drug-likeness (QED) is 0.751. The van der Waals surface area contributed by atoms with Crippen molar-refractivity contribution in [2.24, 2.45) is 0 Å². The van der Waals surface area contributed by atoms with E-state index < -0.39 is 0 Å². The van der Waals surface area contributed by atoms with E-state index in [-0.39, 0.29) is 12.1 Å². The lowest BCUT2D eigenvalue weighted by Crippen LogP contribution is -2.11. The smallest absolute Gasteiger partial charge is 0.223 e. The van der Waals surface area contributed by atoms with Crippen LogP contribution in [0, 0.1) is 0 Å². The lowest BCUT2D eigenvalue weighted by atomic mass is 10.3. The van der Waals surface area contributed by atoms with Crippen molar-refractivity contribution >= 4 is 33.3 Å². The number of nitrogens with one attached hydrogen (secondary N) is 1. The molecule has 0 radical (unpaired) electrons. The van der Waals surface area contributed by atoms with E-state index in [0.717, 1.165) is 16.0 Å². The number of hydrogen-bond acceptors (Lipinski definition) is 6. The van der Waals surface area contributed by atoms with Crippen LogP contribution in [0.25, 0.3) is 10.2 Å². The molecule has 0 aliphatic carbocycles. The minimum absolute atomic E-state index is 0.273. The number of aliphatic hydroxyl groups excluding tert-OH is 1. The molecule has 0 saturated carbocycles. The molecule has 16 heavy (non-hydrogen) atoms. The molecule has 0 spiro atoms. The van der Waals surface area contributed by atoms with Gasteiger partial charge in [0, 0.05) is 6.54 Å². The number of thiophene rings is 1. The monoisotopic (exact) mass is 238 g/mol. The molecule has 1 atom stereocenters. The predicted octanol–water partition coefficient (Wildman–Crippen LogP) is 1.46. The molecule has 0 aromatic carbocycles. The number of rotatable bonds is 4. The summed E-state index contributed by atoms with van der Waals surface area (Å²) in [6, 6.07) is 1.96. The first-order valence-electron chi connectivity index (χ1n) is 5.09. The van der Waals surface area contributed by atoms with E-state index in [0.29, 0.717) is 13.0 Å². The van der Waals surface area contributed by atoms with Crippen molar-refractivity contribution in [1.82, 2.24) is 9.97 Å². The van der Waals surface area contributed by atoms with E-state index >= 15 is 0 Å². The zero-order chi connectivity index (χ0) is 11.5. The second-order valence-corrected chi connectivity index (χ2v) is 4.53. The van der Waals surface area contributed by atoms with E-state index in [4.69, 9.17) is 10.8 Å². The topological polar surface area (TPSA) is 84.1 Å². The Morgan fingerprint density at radius 1 is 1.56 bits per heavy atom. The SMILES string of the molecule is CC(O)CCNc1nc(N)nc2sccc12. The largest absolute Gasteiger partial charge is 0.393 e. The fourth-order valence-corrected chi connectivity index (χ4v) is 2.18. The van der Waals surface area contributed by atoms with Crippen molar-refractivity contribution in [1.29, 1.82) is 0 Å². The minimum atomic E-state index is -0.315. The molecule has 2 rings (SSSR count). The highest BCUT2D eigenvalue weighted by atomic mass is 32.1. The number of aromatic nitrogens is 2. The molecule has 0 aliphatic rings. The van der Waals surface area contributed by atoms with Gasteiger partial charge in [-0.1, -0.05) is 0 Å². The molecule has 86 valence electrons. The first-order valence-corrected chi connectivity index (χ1v) is 5.97. The summed E-state index contributed by atoms with van der Waals surface area (Å²) in [5.74, 6) is 1.01. The number of anilines is 2. The summed E-state index contributed by atoms with van der Waals surface area (Å²) in [6.07, 6.45) is 0.361. The average Bonchev–Trinajstić information content (AvgIpc) is 2.64. The highest BCUT2D eigenvalue weighted by Crippen LogP contribution is 2.25. The highest BCUT2D eigenvalue weighted by molar-refractivity contribution is 7.16. The number of nitrogen functional groups attached to an aromatic ring is 1. The van der Waals surface area contributed by atoms with Gasteiger partial charge in [-0.2, -0.15) is 4.98 Å². The number of hydrogen-bond donors (Lipinski definition) is 3. The Kier molecular flexibility index (Phi) is 3.21. The Morgan fingerprint density at radius 2 is 2.38 bits per heavy atom. The molecule has 0 saturated heterocycles. The molecule has 6 heteroatoms. The van der Waals surface area contributed by atoms with Crippen molar-refractivity contribution in [2.45, 2.75) is 19.4 Å². The van der Waals surface area contributed by atoms with Crippen LogP contribution >= 0.6 is 11.3 Å². The van der Waals surface area contributed by atoms with Gasteiger partial charge < -0.3 is 16.2 Å². The summed E-state index contributed by atoms with van der Waals surface area (Å²) in [6.45, 7) is 2.43. The van der Waals surface area contributed by atoms with Crippen LogP contribution in [0.2, 0.25) is 0 Å². The molecule has 1 unspecified atom stereocenters. The second-order valence-electron chi connectivity index (χ2n) is 3.63. The van der Waals surface area contributed by atoms with Crippen LogP contribution in [0.4, 0.5) is 11.8 Å². The Morgan fingerprint density at radius 3 is 3.12 bits per heavy atom. The van der Waals surface area contributed by atoms with Crippen molar-refractivity contribution in [3.63, 3.8) is 0 Å².